The molecule has 0 aromatic heterocycles. The van der Waals surface area contributed by atoms with Crippen LogP contribution in [0.25, 0.3) is 0 Å². The monoisotopic (exact) mass is 270 g/mol. The third-order valence-electron chi connectivity index (χ3n) is 2.48. The molecule has 5 heteroatoms. The normalized spacial score (nSPS) is 9.65. The number of nitrogens with zero attached hydrogens (tertiary/aromatic N) is 1. The van der Waals surface area contributed by atoms with Crippen LogP contribution < -0.4 is 10.1 Å². The number of rotatable bonds is 3. The number of para-hydroxylation sites is 1. The van der Waals surface area contributed by atoms with Crippen LogP contribution in [-0.4, -0.2) is 5.91 Å². The Morgan fingerprint density at radius 3 is 2.65 bits per heavy atom. The average Bonchev–Trinajstić information content (AvgIpc) is 2.42. The molecular weight excluding hydrogens is 259 g/mol. The molecular formula is C15H11FN2O2. The van der Waals surface area contributed by atoms with Gasteiger partial charge in [-0.25, -0.2) is 4.39 Å². The Kier molecular flexibility index (Phi) is 3.96. The Morgan fingerprint density at radius 1 is 1.25 bits per heavy atom. The number of benzene rings is 2. The molecule has 0 saturated heterocycles. The summed E-state index contributed by atoms with van der Waals surface area (Å²) in [7, 11) is 0. The van der Waals surface area contributed by atoms with Crippen molar-refractivity contribution in [3.8, 4) is 17.6 Å². The fourth-order valence-corrected chi connectivity index (χ4v) is 1.63. The number of hydrogen-bond donors (Lipinski definition) is 1. The highest BCUT2D eigenvalue weighted by molar-refractivity contribution is 5.88. The zero-order valence-corrected chi connectivity index (χ0v) is 10.7. The second kappa shape index (κ2) is 5.85. The summed E-state index contributed by atoms with van der Waals surface area (Å²) in [5.41, 5.74) is 0.661. The zero-order valence-electron chi connectivity index (χ0n) is 10.7. The van der Waals surface area contributed by atoms with E-state index in [0.717, 1.165) is 6.07 Å². The SMILES string of the molecule is CC(=O)Nc1ccc(Oc2ccccc2C#N)c(F)c1. The Balaban J connectivity index is 2.26. The van der Waals surface area contributed by atoms with Gasteiger partial charge in [0.2, 0.25) is 5.91 Å². The van der Waals surface area contributed by atoms with E-state index in [0.29, 0.717) is 11.3 Å². The van der Waals surface area contributed by atoms with Crippen LogP contribution in [0.5, 0.6) is 11.5 Å². The van der Waals surface area contributed by atoms with E-state index in [1.807, 2.05) is 6.07 Å². The van der Waals surface area contributed by atoms with Gasteiger partial charge in [-0.15, -0.1) is 0 Å². The second-order valence-corrected chi connectivity index (χ2v) is 4.04. The van der Waals surface area contributed by atoms with Gasteiger partial charge in [-0.3, -0.25) is 4.79 Å². The molecule has 100 valence electrons. The van der Waals surface area contributed by atoms with Crippen molar-refractivity contribution in [2.45, 2.75) is 6.92 Å². The molecule has 0 bridgehead atoms. The fourth-order valence-electron chi connectivity index (χ4n) is 1.63. The predicted octanol–water partition coefficient (Wildman–Crippen LogP) is 3.45. The average molecular weight is 270 g/mol. The number of hydrogen-bond acceptors (Lipinski definition) is 3. The molecule has 2 aromatic rings. The van der Waals surface area contributed by atoms with Crippen molar-refractivity contribution < 1.29 is 13.9 Å². The predicted molar refractivity (Wildman–Crippen MR) is 71.9 cm³/mol. The van der Waals surface area contributed by atoms with Crippen LogP contribution in [0.2, 0.25) is 0 Å². The molecule has 0 saturated carbocycles. The molecule has 4 nitrogen and oxygen atoms in total. The van der Waals surface area contributed by atoms with Crippen molar-refractivity contribution in [1.82, 2.24) is 0 Å². The van der Waals surface area contributed by atoms with Gasteiger partial charge >= 0.3 is 0 Å². The summed E-state index contributed by atoms with van der Waals surface area (Å²) >= 11 is 0. The molecule has 0 heterocycles. The second-order valence-electron chi connectivity index (χ2n) is 4.04. The molecule has 0 aliphatic heterocycles. The Bertz CT molecular complexity index is 693. The summed E-state index contributed by atoms with van der Waals surface area (Å²) in [6, 6.07) is 12.6. The quantitative estimate of drug-likeness (QED) is 0.929. The van der Waals surface area contributed by atoms with Crippen molar-refractivity contribution >= 4 is 11.6 Å². The number of nitrogens with one attached hydrogen (secondary N) is 1. The maximum absolute atomic E-state index is 13.9. The van der Waals surface area contributed by atoms with Crippen LogP contribution in [0.15, 0.2) is 42.5 Å². The molecule has 1 amide bonds. The topological polar surface area (TPSA) is 62.1 Å². The lowest BCUT2D eigenvalue weighted by Gasteiger charge is -2.09. The molecule has 0 spiro atoms. The van der Waals surface area contributed by atoms with Gasteiger partial charge in [0.25, 0.3) is 0 Å². The first-order valence-electron chi connectivity index (χ1n) is 5.84. The summed E-state index contributed by atoms with van der Waals surface area (Å²) in [4.78, 5) is 10.9. The van der Waals surface area contributed by atoms with E-state index in [-0.39, 0.29) is 17.4 Å². The van der Waals surface area contributed by atoms with Crippen molar-refractivity contribution in [1.29, 1.82) is 5.26 Å². The Hall–Kier alpha value is -2.87. The van der Waals surface area contributed by atoms with Crippen molar-refractivity contribution in [2.24, 2.45) is 0 Å². The molecule has 0 radical (unpaired) electrons. The molecule has 0 aliphatic rings. The lowest BCUT2D eigenvalue weighted by molar-refractivity contribution is -0.114. The van der Waals surface area contributed by atoms with Gasteiger partial charge in [-0.2, -0.15) is 5.26 Å². The van der Waals surface area contributed by atoms with E-state index in [1.165, 1.54) is 19.1 Å². The van der Waals surface area contributed by atoms with Crippen LogP contribution >= 0.6 is 0 Å². The van der Waals surface area contributed by atoms with Crippen molar-refractivity contribution in [3.63, 3.8) is 0 Å². The minimum atomic E-state index is -0.621. The lowest BCUT2D eigenvalue weighted by Crippen LogP contribution is -2.06. The molecule has 2 aromatic carbocycles. The van der Waals surface area contributed by atoms with E-state index in [1.54, 1.807) is 24.3 Å². The van der Waals surface area contributed by atoms with Crippen LogP contribution in [0, 0.1) is 17.1 Å². The highest BCUT2D eigenvalue weighted by Crippen LogP contribution is 2.28. The third kappa shape index (κ3) is 3.12. The molecule has 0 fully saturated rings. The van der Waals surface area contributed by atoms with E-state index in [2.05, 4.69) is 5.32 Å². The Morgan fingerprint density at radius 2 is 2.00 bits per heavy atom. The minimum Gasteiger partial charge on any atom is -0.453 e. The maximum Gasteiger partial charge on any atom is 0.221 e. The third-order valence-corrected chi connectivity index (χ3v) is 2.48. The number of carbonyl (C=O) groups excluding carboxylic acids is 1. The molecule has 0 atom stereocenters. The summed E-state index contributed by atoms with van der Waals surface area (Å²) in [5.74, 6) is -0.639. The van der Waals surface area contributed by atoms with E-state index in [9.17, 15) is 9.18 Å². The lowest BCUT2D eigenvalue weighted by atomic mass is 10.2. The van der Waals surface area contributed by atoms with Crippen LogP contribution in [0.3, 0.4) is 0 Å². The molecule has 20 heavy (non-hydrogen) atoms. The summed E-state index contributed by atoms with van der Waals surface area (Å²) in [6.07, 6.45) is 0. The number of ether oxygens (including phenoxy) is 1. The molecule has 2 rings (SSSR count). The maximum atomic E-state index is 13.9. The molecule has 1 N–H and O–H groups in total. The summed E-state index contributed by atoms with van der Waals surface area (Å²) in [6.45, 7) is 1.34. The fraction of sp³-hybridized carbons (Fsp3) is 0.0667. The number of anilines is 1. The van der Waals surface area contributed by atoms with Gasteiger partial charge in [0, 0.05) is 18.7 Å². The summed E-state index contributed by atoms with van der Waals surface area (Å²) < 4.78 is 19.2. The number of amides is 1. The first kappa shape index (κ1) is 13.6. The number of nitriles is 1. The van der Waals surface area contributed by atoms with Crippen LogP contribution in [-0.2, 0) is 4.79 Å². The van der Waals surface area contributed by atoms with Crippen LogP contribution in [0.4, 0.5) is 10.1 Å². The summed E-state index contributed by atoms with van der Waals surface area (Å²) in [5, 5.41) is 11.4. The van der Waals surface area contributed by atoms with Gasteiger partial charge in [0.15, 0.2) is 11.6 Å². The smallest absolute Gasteiger partial charge is 0.221 e. The van der Waals surface area contributed by atoms with E-state index < -0.39 is 5.82 Å². The highest BCUT2D eigenvalue weighted by atomic mass is 19.1. The zero-order chi connectivity index (χ0) is 14.5. The number of halogens is 1. The molecule has 0 unspecified atom stereocenters. The van der Waals surface area contributed by atoms with E-state index in [4.69, 9.17) is 10.00 Å². The van der Waals surface area contributed by atoms with Crippen molar-refractivity contribution in [2.75, 3.05) is 5.32 Å². The largest absolute Gasteiger partial charge is 0.453 e. The first-order chi connectivity index (χ1) is 9.60. The van der Waals surface area contributed by atoms with Crippen molar-refractivity contribution in [3.05, 3.63) is 53.8 Å². The minimum absolute atomic E-state index is 0.0122. The first-order valence-corrected chi connectivity index (χ1v) is 5.84. The standard InChI is InChI=1S/C15H11FN2O2/c1-10(19)18-12-6-7-15(13(16)8-12)20-14-5-3-2-4-11(14)9-17/h2-8H,1H3,(H,18,19). The van der Waals surface area contributed by atoms with Gasteiger partial charge < -0.3 is 10.1 Å². The number of carbonyl (C=O) groups is 1. The van der Waals surface area contributed by atoms with Gasteiger partial charge in [-0.1, -0.05) is 12.1 Å². The molecule has 0 aliphatic carbocycles. The van der Waals surface area contributed by atoms with Gasteiger partial charge in [0.1, 0.15) is 11.8 Å². The Labute approximate surface area is 115 Å². The van der Waals surface area contributed by atoms with Crippen LogP contribution in [0.1, 0.15) is 12.5 Å². The van der Waals surface area contributed by atoms with Gasteiger partial charge in [0.05, 0.1) is 5.56 Å². The highest BCUT2D eigenvalue weighted by Gasteiger charge is 2.09. The van der Waals surface area contributed by atoms with E-state index >= 15 is 0 Å². The van der Waals surface area contributed by atoms with Gasteiger partial charge in [-0.05, 0) is 24.3 Å².